The van der Waals surface area contributed by atoms with Gasteiger partial charge in [0.05, 0.1) is 14.2 Å². The molecule has 3 aromatic rings. The fraction of sp³-hybridized carbons (Fsp3) is 0.158. The van der Waals surface area contributed by atoms with Gasteiger partial charge in [0.15, 0.2) is 5.17 Å². The number of thioether (sulfide) groups is 1. The van der Waals surface area contributed by atoms with Crippen LogP contribution < -0.4 is 19.5 Å². The van der Waals surface area contributed by atoms with Gasteiger partial charge in [-0.3, -0.25) is 0 Å². The molecule has 0 saturated carbocycles. The molecule has 0 atom stereocenters. The first-order valence-corrected chi connectivity index (χ1v) is 11.4. The van der Waals surface area contributed by atoms with Gasteiger partial charge in [-0.05, 0) is 30.5 Å². The molecule has 0 fully saturated rings. The Morgan fingerprint density at radius 1 is 0.935 bits per heavy atom. The second kappa shape index (κ2) is 10.1. The number of amidine groups is 1. The summed E-state index contributed by atoms with van der Waals surface area (Å²) >= 11 is 1.06. The molecule has 1 N–H and O–H groups in total. The third-order valence-corrected chi connectivity index (χ3v) is 5.68. The van der Waals surface area contributed by atoms with Crippen molar-refractivity contribution in [1.29, 1.82) is 0 Å². The van der Waals surface area contributed by atoms with Gasteiger partial charge >= 0.3 is 12.0 Å². The van der Waals surface area contributed by atoms with Crippen molar-refractivity contribution in [3.8, 4) is 23.5 Å². The maximum Gasteiger partial charge on any atom is 0.324 e. The fourth-order valence-corrected chi connectivity index (χ4v) is 4.07. The number of ether oxygens (including phenoxy) is 3. The molecule has 0 spiro atoms. The third-order valence-electron chi connectivity index (χ3n) is 3.67. The lowest BCUT2D eigenvalue weighted by Gasteiger charge is -2.11. The number of aromatic nitrogens is 3. The Bertz CT molecular complexity index is 1150. The second-order valence-corrected chi connectivity index (χ2v) is 8.06. The highest BCUT2D eigenvalue weighted by Gasteiger charge is 2.21. The monoisotopic (exact) mass is 461 g/mol. The molecule has 0 saturated heterocycles. The highest BCUT2D eigenvalue weighted by atomic mass is 32.2. The number of nitrogens with zero attached hydrogens (tertiary/aromatic N) is 4. The van der Waals surface area contributed by atoms with E-state index in [9.17, 15) is 8.42 Å². The van der Waals surface area contributed by atoms with E-state index in [4.69, 9.17) is 14.2 Å². The first-order valence-electron chi connectivity index (χ1n) is 8.77. The number of benzene rings is 2. The Balaban J connectivity index is 1.93. The van der Waals surface area contributed by atoms with Gasteiger partial charge in [-0.25, -0.2) is 0 Å². The lowest BCUT2D eigenvalue weighted by Crippen LogP contribution is -2.14. The number of hydrogen-bond acceptors (Lipinski definition) is 9. The molecule has 0 aliphatic heterocycles. The number of nitrogens with one attached hydrogen (secondary N) is 1. The van der Waals surface area contributed by atoms with Crippen molar-refractivity contribution in [2.24, 2.45) is 4.40 Å². The lowest BCUT2D eigenvalue weighted by atomic mass is 10.3. The minimum Gasteiger partial charge on any atom is -0.467 e. The molecule has 2 aromatic carbocycles. The summed E-state index contributed by atoms with van der Waals surface area (Å²) in [5.74, 6) is 0.670. The van der Waals surface area contributed by atoms with Gasteiger partial charge in [0.1, 0.15) is 16.4 Å². The second-order valence-electron chi connectivity index (χ2n) is 5.69. The van der Waals surface area contributed by atoms with E-state index in [0.717, 1.165) is 11.8 Å². The zero-order valence-electron chi connectivity index (χ0n) is 16.8. The molecule has 0 radical (unpaired) electrons. The first-order chi connectivity index (χ1) is 14.9. The third kappa shape index (κ3) is 5.83. The van der Waals surface area contributed by atoms with Crippen LogP contribution in [0.25, 0.3) is 0 Å². The van der Waals surface area contributed by atoms with E-state index in [1.165, 1.54) is 20.3 Å². The van der Waals surface area contributed by atoms with Gasteiger partial charge in [0.25, 0.3) is 10.0 Å². The van der Waals surface area contributed by atoms with Gasteiger partial charge in [0.2, 0.25) is 5.95 Å². The van der Waals surface area contributed by atoms with Crippen molar-refractivity contribution in [3.05, 3.63) is 54.6 Å². The predicted molar refractivity (Wildman–Crippen MR) is 118 cm³/mol. The Morgan fingerprint density at radius 3 is 2.16 bits per heavy atom. The average Bonchev–Trinajstić information content (AvgIpc) is 2.79. The van der Waals surface area contributed by atoms with Crippen LogP contribution in [0.1, 0.15) is 0 Å². The Morgan fingerprint density at radius 2 is 1.55 bits per heavy atom. The van der Waals surface area contributed by atoms with Crippen LogP contribution in [0, 0.1) is 0 Å². The van der Waals surface area contributed by atoms with Crippen LogP contribution in [0.3, 0.4) is 0 Å². The largest absolute Gasteiger partial charge is 0.467 e. The Kier molecular flexibility index (Phi) is 7.26. The minimum absolute atomic E-state index is 0.000679. The molecule has 162 valence electrons. The normalized spacial score (nSPS) is 11.6. The first kappa shape index (κ1) is 22.3. The molecule has 0 amide bonds. The number of anilines is 1. The van der Waals surface area contributed by atoms with Gasteiger partial charge < -0.3 is 19.5 Å². The van der Waals surface area contributed by atoms with Crippen molar-refractivity contribution in [3.63, 3.8) is 0 Å². The van der Waals surface area contributed by atoms with E-state index in [-0.39, 0.29) is 33.8 Å². The molecular weight excluding hydrogens is 442 g/mol. The predicted octanol–water partition coefficient (Wildman–Crippen LogP) is 3.20. The standard InChI is InChI=1S/C19H19N5O5S2/c1-27-17-20-16(21-18(23-17)28-2)22-19(30-3)24-31(25,26)15-12-8-7-11-14(15)29-13-9-5-4-6-10-13/h4-12H,1-3H3,(H,20,21,22,23,24). The Labute approximate surface area is 183 Å². The van der Waals surface area contributed by atoms with Crippen LogP contribution in [0.15, 0.2) is 63.9 Å². The van der Waals surface area contributed by atoms with Crippen LogP contribution >= 0.6 is 11.8 Å². The van der Waals surface area contributed by atoms with Gasteiger partial charge in [-0.2, -0.15) is 18.4 Å². The summed E-state index contributed by atoms with van der Waals surface area (Å²) in [5.41, 5.74) is 0. The summed E-state index contributed by atoms with van der Waals surface area (Å²) in [6.07, 6.45) is 1.66. The molecule has 3 rings (SSSR count). The van der Waals surface area contributed by atoms with Crippen LogP contribution in [-0.4, -0.2) is 49.0 Å². The maximum absolute atomic E-state index is 13.0. The number of sulfonamides is 1. The zero-order valence-corrected chi connectivity index (χ0v) is 18.5. The van der Waals surface area contributed by atoms with Crippen molar-refractivity contribution < 1.29 is 22.6 Å². The van der Waals surface area contributed by atoms with E-state index in [1.54, 1.807) is 48.7 Å². The molecule has 0 unspecified atom stereocenters. The molecule has 0 aliphatic carbocycles. The van der Waals surface area contributed by atoms with Crippen molar-refractivity contribution in [1.82, 2.24) is 15.0 Å². The Hall–Kier alpha value is -3.38. The van der Waals surface area contributed by atoms with Gasteiger partial charge in [-0.15, -0.1) is 9.38 Å². The van der Waals surface area contributed by atoms with E-state index in [1.807, 2.05) is 6.07 Å². The SMILES string of the molecule is COc1nc(N/C(=N/S(=O)(=O)c2ccccc2Oc2ccccc2)SC)nc(OC)n1. The van der Waals surface area contributed by atoms with Crippen LogP contribution in [0.2, 0.25) is 0 Å². The summed E-state index contributed by atoms with van der Waals surface area (Å²) in [5, 5.41) is 2.78. The van der Waals surface area contributed by atoms with E-state index in [0.29, 0.717) is 5.75 Å². The number of para-hydroxylation sites is 2. The van der Waals surface area contributed by atoms with Crippen molar-refractivity contribution in [2.45, 2.75) is 4.90 Å². The van der Waals surface area contributed by atoms with Crippen molar-refractivity contribution in [2.75, 3.05) is 25.8 Å². The van der Waals surface area contributed by atoms with E-state index >= 15 is 0 Å². The summed E-state index contributed by atoms with van der Waals surface area (Å²) in [4.78, 5) is 11.8. The maximum atomic E-state index is 13.0. The van der Waals surface area contributed by atoms with Crippen LogP contribution in [0.4, 0.5) is 5.95 Å². The summed E-state index contributed by atoms with van der Waals surface area (Å²) in [6, 6.07) is 15.1. The number of hydrogen-bond donors (Lipinski definition) is 1. The smallest absolute Gasteiger partial charge is 0.324 e. The quantitative estimate of drug-likeness (QED) is 0.414. The van der Waals surface area contributed by atoms with Crippen molar-refractivity contribution >= 4 is 32.9 Å². The average molecular weight is 462 g/mol. The molecule has 1 aromatic heterocycles. The highest BCUT2D eigenvalue weighted by Crippen LogP contribution is 2.30. The van der Waals surface area contributed by atoms with E-state index < -0.39 is 10.0 Å². The lowest BCUT2D eigenvalue weighted by molar-refractivity contribution is 0.341. The zero-order chi connectivity index (χ0) is 22.3. The van der Waals surface area contributed by atoms with Gasteiger partial charge in [-0.1, -0.05) is 42.1 Å². The molecule has 1 heterocycles. The summed E-state index contributed by atoms with van der Waals surface area (Å²) < 4.78 is 45.7. The van der Waals surface area contributed by atoms with Crippen LogP contribution in [0.5, 0.6) is 23.5 Å². The molecule has 0 aliphatic rings. The van der Waals surface area contributed by atoms with Crippen LogP contribution in [-0.2, 0) is 10.0 Å². The number of rotatable bonds is 7. The molecule has 31 heavy (non-hydrogen) atoms. The summed E-state index contributed by atoms with van der Waals surface area (Å²) in [6.45, 7) is 0. The summed E-state index contributed by atoms with van der Waals surface area (Å²) in [7, 11) is -1.36. The van der Waals surface area contributed by atoms with Gasteiger partial charge in [0, 0.05) is 0 Å². The number of methoxy groups -OCH3 is 2. The molecule has 12 heteroatoms. The highest BCUT2D eigenvalue weighted by molar-refractivity contribution is 8.14. The molecular formula is C19H19N5O5S2. The topological polar surface area (TPSA) is 125 Å². The molecule has 0 bridgehead atoms. The fourth-order valence-electron chi connectivity index (χ4n) is 2.30. The van der Waals surface area contributed by atoms with E-state index in [2.05, 4.69) is 24.7 Å². The molecule has 10 nitrogen and oxygen atoms in total. The minimum atomic E-state index is -4.13.